The van der Waals surface area contributed by atoms with E-state index in [1.54, 1.807) is 6.20 Å². The highest BCUT2D eigenvalue weighted by molar-refractivity contribution is 7.80. The quantitative estimate of drug-likeness (QED) is 0.842. The number of benzene rings is 1. The molecule has 0 unspecified atom stereocenters. The highest BCUT2D eigenvalue weighted by Crippen LogP contribution is 2.16. The summed E-state index contributed by atoms with van der Waals surface area (Å²) in [7, 11) is 0. The first-order chi connectivity index (χ1) is 9.56. The molecule has 4 heteroatoms. The molecule has 0 saturated carbocycles. The van der Waals surface area contributed by atoms with E-state index in [4.69, 9.17) is 12.2 Å². The Labute approximate surface area is 125 Å². The monoisotopic (exact) mass is 285 g/mol. The first kappa shape index (κ1) is 14.5. The SMILES string of the molecule is Cc1ccnc(NC(=S)N[C@H](C)c2ccccc2C)c1. The Morgan fingerprint density at radius 1 is 1.20 bits per heavy atom. The normalized spacial score (nSPS) is 11.8. The molecule has 0 aliphatic rings. The van der Waals surface area contributed by atoms with E-state index in [9.17, 15) is 0 Å². The van der Waals surface area contributed by atoms with Gasteiger partial charge in [-0.2, -0.15) is 0 Å². The summed E-state index contributed by atoms with van der Waals surface area (Å²) in [6.07, 6.45) is 1.77. The van der Waals surface area contributed by atoms with Crippen LogP contribution in [0.1, 0.15) is 29.7 Å². The molecule has 1 heterocycles. The van der Waals surface area contributed by atoms with Gasteiger partial charge in [-0.3, -0.25) is 0 Å². The van der Waals surface area contributed by atoms with E-state index in [1.165, 1.54) is 11.1 Å². The van der Waals surface area contributed by atoms with Crippen LogP contribution >= 0.6 is 12.2 Å². The number of aromatic nitrogens is 1. The minimum Gasteiger partial charge on any atom is -0.356 e. The van der Waals surface area contributed by atoms with Crippen molar-refractivity contribution >= 4 is 23.1 Å². The molecule has 1 atom stereocenters. The second-order valence-electron chi connectivity index (χ2n) is 4.90. The molecular formula is C16H19N3S. The maximum Gasteiger partial charge on any atom is 0.172 e. The lowest BCUT2D eigenvalue weighted by Gasteiger charge is -2.18. The van der Waals surface area contributed by atoms with Crippen LogP contribution in [0.15, 0.2) is 42.6 Å². The number of nitrogens with zero attached hydrogens (tertiary/aromatic N) is 1. The highest BCUT2D eigenvalue weighted by Gasteiger charge is 2.09. The molecule has 0 spiro atoms. The fourth-order valence-electron chi connectivity index (χ4n) is 2.10. The Morgan fingerprint density at radius 2 is 1.95 bits per heavy atom. The van der Waals surface area contributed by atoms with Gasteiger partial charge in [0.2, 0.25) is 0 Å². The Hall–Kier alpha value is -1.94. The van der Waals surface area contributed by atoms with Gasteiger partial charge in [0.05, 0.1) is 6.04 Å². The van der Waals surface area contributed by atoms with Crippen LogP contribution in [0.2, 0.25) is 0 Å². The third kappa shape index (κ3) is 3.78. The van der Waals surface area contributed by atoms with Crippen LogP contribution in [-0.4, -0.2) is 10.1 Å². The molecule has 2 rings (SSSR count). The number of hydrogen-bond donors (Lipinski definition) is 2. The fraction of sp³-hybridized carbons (Fsp3) is 0.250. The molecule has 0 amide bonds. The van der Waals surface area contributed by atoms with Crippen molar-refractivity contribution in [2.45, 2.75) is 26.8 Å². The van der Waals surface area contributed by atoms with Gasteiger partial charge in [-0.15, -0.1) is 0 Å². The molecule has 1 aromatic carbocycles. The minimum atomic E-state index is 0.154. The predicted molar refractivity (Wildman–Crippen MR) is 87.9 cm³/mol. The van der Waals surface area contributed by atoms with Crippen molar-refractivity contribution in [2.24, 2.45) is 0 Å². The molecule has 1 aromatic heterocycles. The zero-order chi connectivity index (χ0) is 14.5. The lowest BCUT2D eigenvalue weighted by molar-refractivity contribution is 0.717. The summed E-state index contributed by atoms with van der Waals surface area (Å²) in [4.78, 5) is 4.24. The molecule has 104 valence electrons. The summed E-state index contributed by atoms with van der Waals surface area (Å²) < 4.78 is 0. The van der Waals surface area contributed by atoms with Gasteiger partial charge in [0, 0.05) is 6.20 Å². The van der Waals surface area contributed by atoms with E-state index in [-0.39, 0.29) is 6.04 Å². The van der Waals surface area contributed by atoms with Crippen molar-refractivity contribution in [2.75, 3.05) is 5.32 Å². The number of thiocarbonyl (C=S) groups is 1. The zero-order valence-electron chi connectivity index (χ0n) is 12.0. The molecule has 0 aliphatic carbocycles. The molecule has 2 N–H and O–H groups in total. The van der Waals surface area contributed by atoms with Crippen molar-refractivity contribution < 1.29 is 0 Å². The molecule has 0 bridgehead atoms. The van der Waals surface area contributed by atoms with Crippen molar-refractivity contribution in [3.63, 3.8) is 0 Å². The Balaban J connectivity index is 2.00. The van der Waals surface area contributed by atoms with Crippen molar-refractivity contribution in [1.29, 1.82) is 0 Å². The van der Waals surface area contributed by atoms with Gasteiger partial charge in [-0.25, -0.2) is 4.98 Å². The minimum absolute atomic E-state index is 0.154. The van der Waals surface area contributed by atoms with Crippen molar-refractivity contribution in [3.8, 4) is 0 Å². The van der Waals surface area contributed by atoms with Crippen LogP contribution in [0.4, 0.5) is 5.82 Å². The number of hydrogen-bond acceptors (Lipinski definition) is 2. The van der Waals surface area contributed by atoms with E-state index in [0.29, 0.717) is 5.11 Å². The average Bonchev–Trinajstić information content (AvgIpc) is 2.38. The average molecular weight is 285 g/mol. The van der Waals surface area contributed by atoms with Crippen LogP contribution in [0.5, 0.6) is 0 Å². The summed E-state index contributed by atoms with van der Waals surface area (Å²) in [5.41, 5.74) is 3.65. The molecule has 20 heavy (non-hydrogen) atoms. The largest absolute Gasteiger partial charge is 0.356 e. The molecule has 0 saturated heterocycles. The van der Waals surface area contributed by atoms with E-state index < -0.39 is 0 Å². The number of pyridine rings is 1. The fourth-order valence-corrected chi connectivity index (χ4v) is 2.39. The molecular weight excluding hydrogens is 266 g/mol. The zero-order valence-corrected chi connectivity index (χ0v) is 12.8. The topological polar surface area (TPSA) is 37.0 Å². The van der Waals surface area contributed by atoms with E-state index in [1.807, 2.05) is 31.2 Å². The summed E-state index contributed by atoms with van der Waals surface area (Å²) in [5, 5.41) is 6.98. The lowest BCUT2D eigenvalue weighted by Crippen LogP contribution is -2.31. The van der Waals surface area contributed by atoms with Crippen LogP contribution in [0.25, 0.3) is 0 Å². The first-order valence-electron chi connectivity index (χ1n) is 6.62. The summed E-state index contributed by atoms with van der Waals surface area (Å²) >= 11 is 5.34. The standard InChI is InChI=1S/C16H19N3S/c1-11-8-9-17-15(10-11)19-16(20)18-13(3)14-7-5-4-6-12(14)2/h4-10,13H,1-3H3,(H2,17,18,19,20)/t13-/m1/s1. The van der Waals surface area contributed by atoms with Gasteiger partial charge < -0.3 is 10.6 Å². The van der Waals surface area contributed by atoms with E-state index in [0.717, 1.165) is 11.4 Å². The van der Waals surface area contributed by atoms with Gasteiger partial charge in [-0.05, 0) is 61.8 Å². The van der Waals surface area contributed by atoms with E-state index in [2.05, 4.69) is 41.6 Å². The second-order valence-corrected chi connectivity index (χ2v) is 5.30. The second kappa shape index (κ2) is 6.48. The van der Waals surface area contributed by atoms with Crippen LogP contribution < -0.4 is 10.6 Å². The lowest BCUT2D eigenvalue weighted by atomic mass is 10.0. The van der Waals surface area contributed by atoms with Gasteiger partial charge in [-0.1, -0.05) is 24.3 Å². The number of rotatable bonds is 3. The molecule has 3 nitrogen and oxygen atoms in total. The smallest absolute Gasteiger partial charge is 0.172 e. The number of aryl methyl sites for hydroxylation is 2. The Morgan fingerprint density at radius 3 is 2.65 bits per heavy atom. The molecule has 0 fully saturated rings. The highest BCUT2D eigenvalue weighted by atomic mass is 32.1. The summed E-state index contributed by atoms with van der Waals surface area (Å²) in [5.74, 6) is 0.763. The maximum absolute atomic E-state index is 5.34. The van der Waals surface area contributed by atoms with E-state index >= 15 is 0 Å². The molecule has 0 aliphatic heterocycles. The summed E-state index contributed by atoms with van der Waals surface area (Å²) in [6.45, 7) is 6.23. The third-order valence-corrected chi connectivity index (χ3v) is 3.38. The van der Waals surface area contributed by atoms with Crippen molar-refractivity contribution in [3.05, 3.63) is 59.3 Å². The first-order valence-corrected chi connectivity index (χ1v) is 7.03. The van der Waals surface area contributed by atoms with Gasteiger partial charge >= 0.3 is 0 Å². The van der Waals surface area contributed by atoms with Crippen LogP contribution in [-0.2, 0) is 0 Å². The van der Waals surface area contributed by atoms with Crippen LogP contribution in [0.3, 0.4) is 0 Å². The van der Waals surface area contributed by atoms with Crippen LogP contribution in [0, 0.1) is 13.8 Å². The third-order valence-electron chi connectivity index (χ3n) is 3.16. The van der Waals surface area contributed by atoms with Gasteiger partial charge in [0.15, 0.2) is 5.11 Å². The van der Waals surface area contributed by atoms with Gasteiger partial charge in [0.1, 0.15) is 5.82 Å². The van der Waals surface area contributed by atoms with Gasteiger partial charge in [0.25, 0.3) is 0 Å². The molecule has 0 radical (unpaired) electrons. The number of nitrogens with one attached hydrogen (secondary N) is 2. The summed E-state index contributed by atoms with van der Waals surface area (Å²) in [6, 6.07) is 12.4. The maximum atomic E-state index is 5.34. The van der Waals surface area contributed by atoms with Crippen molar-refractivity contribution in [1.82, 2.24) is 10.3 Å². The number of anilines is 1. The predicted octanol–water partition coefficient (Wildman–Crippen LogP) is 3.75. The Bertz CT molecular complexity index is 610. The molecule has 2 aromatic rings. The Kier molecular flexibility index (Phi) is 4.69.